The summed E-state index contributed by atoms with van der Waals surface area (Å²) in [5.41, 5.74) is 6.71. The minimum atomic E-state index is -0.251. The van der Waals surface area contributed by atoms with E-state index >= 15 is 0 Å². The van der Waals surface area contributed by atoms with E-state index in [1.165, 1.54) is 18.9 Å². The molecule has 1 saturated carbocycles. The Bertz CT molecular complexity index is 643. The van der Waals surface area contributed by atoms with E-state index < -0.39 is 0 Å². The van der Waals surface area contributed by atoms with Crippen LogP contribution in [0, 0.1) is 0 Å². The molecule has 104 valence electrons. The number of hydrogen-bond donors (Lipinski definition) is 2. The van der Waals surface area contributed by atoms with Gasteiger partial charge in [-0.3, -0.25) is 9.78 Å². The van der Waals surface area contributed by atoms with Crippen molar-refractivity contribution in [2.24, 2.45) is 0 Å². The van der Waals surface area contributed by atoms with Crippen molar-refractivity contribution in [2.75, 3.05) is 5.73 Å². The molecule has 5 heteroatoms. The fourth-order valence-corrected chi connectivity index (χ4v) is 2.53. The first-order valence-electron chi connectivity index (χ1n) is 6.85. The molecule has 0 atom stereocenters. The Morgan fingerprint density at radius 3 is 2.55 bits per heavy atom. The van der Waals surface area contributed by atoms with Crippen LogP contribution >= 0.6 is 0 Å². The zero-order valence-corrected chi connectivity index (χ0v) is 11.1. The molecule has 20 heavy (non-hydrogen) atoms. The number of nitrogen functional groups attached to an aromatic ring is 1. The Balaban J connectivity index is 1.79. The molecule has 1 aliphatic carbocycles. The van der Waals surface area contributed by atoms with E-state index in [0.29, 0.717) is 11.8 Å². The lowest BCUT2D eigenvalue weighted by atomic mass is 10.1. The molecular weight excluding hydrogens is 254 g/mol. The number of nitrogens with two attached hydrogens (primary N) is 1. The molecular formula is C15H17N3O2. The second-order valence-electron chi connectivity index (χ2n) is 5.06. The van der Waals surface area contributed by atoms with Gasteiger partial charge in [0.2, 0.25) is 5.95 Å². The predicted molar refractivity (Wildman–Crippen MR) is 77.6 cm³/mol. The molecule has 0 bridgehead atoms. The van der Waals surface area contributed by atoms with Crippen LogP contribution < -0.4 is 16.0 Å². The van der Waals surface area contributed by atoms with Gasteiger partial charge in [0, 0.05) is 11.6 Å². The molecule has 3 rings (SSSR count). The van der Waals surface area contributed by atoms with Gasteiger partial charge in [-0.05, 0) is 49.9 Å². The summed E-state index contributed by atoms with van der Waals surface area (Å²) in [5.74, 6) is 0.984. The summed E-state index contributed by atoms with van der Waals surface area (Å²) in [6.45, 7) is 0. The average Bonchev–Trinajstić information content (AvgIpc) is 2.91. The van der Waals surface area contributed by atoms with Gasteiger partial charge in [-0.25, -0.2) is 4.98 Å². The molecule has 0 radical (unpaired) electrons. The van der Waals surface area contributed by atoms with Crippen molar-refractivity contribution in [1.29, 1.82) is 0 Å². The second-order valence-corrected chi connectivity index (χ2v) is 5.06. The zero-order chi connectivity index (χ0) is 13.9. The molecule has 1 aliphatic rings. The number of benzene rings is 1. The van der Waals surface area contributed by atoms with Crippen molar-refractivity contribution in [1.82, 2.24) is 9.97 Å². The SMILES string of the molecule is Nc1nc(-c2ccc(OC3CCCC3)cc2)cc(=O)[nH]1. The first kappa shape index (κ1) is 12.7. The molecule has 0 saturated heterocycles. The van der Waals surface area contributed by atoms with E-state index in [-0.39, 0.29) is 11.5 Å². The van der Waals surface area contributed by atoms with Gasteiger partial charge < -0.3 is 10.5 Å². The molecule has 2 aromatic rings. The number of hydrogen-bond acceptors (Lipinski definition) is 4. The quantitative estimate of drug-likeness (QED) is 0.897. The fourth-order valence-electron chi connectivity index (χ4n) is 2.53. The minimum Gasteiger partial charge on any atom is -0.490 e. The van der Waals surface area contributed by atoms with Gasteiger partial charge in [0.25, 0.3) is 5.56 Å². The number of ether oxygens (including phenoxy) is 1. The first-order valence-corrected chi connectivity index (χ1v) is 6.85. The summed E-state index contributed by atoms with van der Waals surface area (Å²) < 4.78 is 5.90. The van der Waals surface area contributed by atoms with Gasteiger partial charge >= 0.3 is 0 Å². The lowest BCUT2D eigenvalue weighted by Gasteiger charge is -2.13. The van der Waals surface area contributed by atoms with Crippen LogP contribution in [0.2, 0.25) is 0 Å². The Hall–Kier alpha value is -2.30. The Morgan fingerprint density at radius 1 is 1.20 bits per heavy atom. The Labute approximate surface area is 116 Å². The van der Waals surface area contributed by atoms with Gasteiger partial charge in [-0.15, -0.1) is 0 Å². The molecule has 1 aromatic carbocycles. The normalized spacial score (nSPS) is 15.4. The van der Waals surface area contributed by atoms with E-state index in [4.69, 9.17) is 10.5 Å². The number of anilines is 1. The number of aromatic amines is 1. The van der Waals surface area contributed by atoms with Crippen molar-refractivity contribution in [3.63, 3.8) is 0 Å². The van der Waals surface area contributed by atoms with Gasteiger partial charge in [0.05, 0.1) is 11.8 Å². The highest BCUT2D eigenvalue weighted by Gasteiger charge is 2.16. The van der Waals surface area contributed by atoms with Crippen LogP contribution in [0.3, 0.4) is 0 Å². The number of H-pyrrole nitrogens is 1. The fraction of sp³-hybridized carbons (Fsp3) is 0.333. The molecule has 0 aliphatic heterocycles. The molecule has 1 fully saturated rings. The third kappa shape index (κ3) is 2.82. The molecule has 1 aromatic heterocycles. The van der Waals surface area contributed by atoms with Crippen LogP contribution in [-0.4, -0.2) is 16.1 Å². The smallest absolute Gasteiger partial charge is 0.252 e. The molecule has 5 nitrogen and oxygen atoms in total. The minimum absolute atomic E-state index is 0.124. The van der Waals surface area contributed by atoms with Crippen LogP contribution in [0.15, 0.2) is 35.1 Å². The Morgan fingerprint density at radius 2 is 1.90 bits per heavy atom. The lowest BCUT2D eigenvalue weighted by molar-refractivity contribution is 0.210. The summed E-state index contributed by atoms with van der Waals surface area (Å²) >= 11 is 0. The number of rotatable bonds is 3. The van der Waals surface area contributed by atoms with E-state index in [1.807, 2.05) is 24.3 Å². The standard InChI is InChI=1S/C15H17N3O2/c16-15-17-13(9-14(19)18-15)10-5-7-12(8-6-10)20-11-3-1-2-4-11/h5-9,11H,1-4H2,(H3,16,17,18,19). The summed E-state index contributed by atoms with van der Waals surface area (Å²) in [6.07, 6.45) is 5.11. The van der Waals surface area contributed by atoms with E-state index in [0.717, 1.165) is 24.2 Å². The monoisotopic (exact) mass is 271 g/mol. The van der Waals surface area contributed by atoms with E-state index in [9.17, 15) is 4.79 Å². The highest BCUT2D eigenvalue weighted by atomic mass is 16.5. The lowest BCUT2D eigenvalue weighted by Crippen LogP contribution is -2.11. The number of aromatic nitrogens is 2. The van der Waals surface area contributed by atoms with E-state index in [1.54, 1.807) is 0 Å². The zero-order valence-electron chi connectivity index (χ0n) is 11.1. The summed E-state index contributed by atoms with van der Waals surface area (Å²) in [5, 5.41) is 0. The van der Waals surface area contributed by atoms with Crippen LogP contribution in [0.25, 0.3) is 11.3 Å². The van der Waals surface area contributed by atoms with Crippen molar-refractivity contribution in [2.45, 2.75) is 31.8 Å². The molecule has 0 spiro atoms. The topological polar surface area (TPSA) is 81.0 Å². The van der Waals surface area contributed by atoms with Crippen LogP contribution in [0.1, 0.15) is 25.7 Å². The van der Waals surface area contributed by atoms with Crippen molar-refractivity contribution >= 4 is 5.95 Å². The van der Waals surface area contributed by atoms with Gasteiger partial charge in [-0.2, -0.15) is 0 Å². The van der Waals surface area contributed by atoms with Crippen LogP contribution in [-0.2, 0) is 0 Å². The Kier molecular flexibility index (Phi) is 3.41. The van der Waals surface area contributed by atoms with Crippen molar-refractivity contribution in [3.8, 4) is 17.0 Å². The second kappa shape index (κ2) is 5.36. The van der Waals surface area contributed by atoms with Gasteiger partial charge in [0.1, 0.15) is 5.75 Å². The highest BCUT2D eigenvalue weighted by Crippen LogP contribution is 2.26. The van der Waals surface area contributed by atoms with Crippen molar-refractivity contribution in [3.05, 3.63) is 40.7 Å². The summed E-state index contributed by atoms with van der Waals surface area (Å²) in [6, 6.07) is 9.04. The summed E-state index contributed by atoms with van der Waals surface area (Å²) in [4.78, 5) is 17.9. The third-order valence-electron chi connectivity index (χ3n) is 3.52. The van der Waals surface area contributed by atoms with Crippen molar-refractivity contribution < 1.29 is 4.74 Å². The number of nitrogens with zero attached hydrogens (tertiary/aromatic N) is 1. The molecule has 0 amide bonds. The van der Waals surface area contributed by atoms with Gasteiger partial charge in [0.15, 0.2) is 0 Å². The highest BCUT2D eigenvalue weighted by molar-refractivity contribution is 5.60. The maximum absolute atomic E-state index is 11.4. The molecule has 0 unspecified atom stereocenters. The van der Waals surface area contributed by atoms with Crippen LogP contribution in [0.4, 0.5) is 5.95 Å². The summed E-state index contributed by atoms with van der Waals surface area (Å²) in [7, 11) is 0. The van der Waals surface area contributed by atoms with Gasteiger partial charge in [-0.1, -0.05) is 0 Å². The average molecular weight is 271 g/mol. The largest absolute Gasteiger partial charge is 0.490 e. The van der Waals surface area contributed by atoms with Crippen LogP contribution in [0.5, 0.6) is 5.75 Å². The van der Waals surface area contributed by atoms with E-state index in [2.05, 4.69) is 9.97 Å². The molecule has 1 heterocycles. The number of nitrogens with one attached hydrogen (secondary N) is 1. The maximum Gasteiger partial charge on any atom is 0.252 e. The third-order valence-corrected chi connectivity index (χ3v) is 3.52. The molecule has 3 N–H and O–H groups in total. The first-order chi connectivity index (χ1) is 9.70. The predicted octanol–water partition coefficient (Wildman–Crippen LogP) is 2.34. The maximum atomic E-state index is 11.4.